The van der Waals surface area contributed by atoms with Crippen molar-refractivity contribution in [1.82, 2.24) is 4.98 Å². The quantitative estimate of drug-likeness (QED) is 0.750. The van der Waals surface area contributed by atoms with Crippen molar-refractivity contribution in [3.63, 3.8) is 0 Å². The molecule has 0 aliphatic rings. The molecule has 4 heteroatoms. The number of halogens is 1. The summed E-state index contributed by atoms with van der Waals surface area (Å²) in [5.74, 6) is -1.53. The van der Waals surface area contributed by atoms with Crippen molar-refractivity contribution in [2.75, 3.05) is 0 Å². The van der Waals surface area contributed by atoms with Gasteiger partial charge < -0.3 is 5.11 Å². The molecule has 1 aromatic rings. The first-order valence-electron chi connectivity index (χ1n) is 4.10. The van der Waals surface area contributed by atoms with Gasteiger partial charge >= 0.3 is 5.97 Å². The Morgan fingerprint density at radius 1 is 1.71 bits per heavy atom. The molecule has 0 radical (unpaired) electrons. The Balaban J connectivity index is 2.80. The minimum Gasteiger partial charge on any atom is -0.481 e. The molecule has 0 aliphatic carbocycles. The first-order valence-corrected chi connectivity index (χ1v) is 4.10. The number of nitrogens with zero attached hydrogens (tertiary/aromatic N) is 1. The minimum atomic E-state index is -0.942. The van der Waals surface area contributed by atoms with E-state index >= 15 is 0 Å². The minimum absolute atomic E-state index is 0.118. The number of carbonyl (C=O) groups is 1. The number of hydrogen-bond acceptors (Lipinski definition) is 2. The van der Waals surface area contributed by atoms with E-state index in [2.05, 4.69) is 4.98 Å². The van der Waals surface area contributed by atoms with Crippen LogP contribution in [0.5, 0.6) is 0 Å². The Bertz CT molecular complexity index is 374. The van der Waals surface area contributed by atoms with Crippen LogP contribution in [0.3, 0.4) is 0 Å². The normalized spacial score (nSPS) is 10.7. The highest BCUT2D eigenvalue weighted by Crippen LogP contribution is 2.09. The summed E-state index contributed by atoms with van der Waals surface area (Å²) in [6.45, 7) is 1.79. The summed E-state index contributed by atoms with van der Waals surface area (Å²) in [6.07, 6.45) is 4.11. The van der Waals surface area contributed by atoms with Crippen molar-refractivity contribution in [2.24, 2.45) is 0 Å². The van der Waals surface area contributed by atoms with Gasteiger partial charge in [-0.25, -0.2) is 4.98 Å². The lowest BCUT2D eigenvalue weighted by Gasteiger charge is -1.96. The fourth-order valence-corrected chi connectivity index (χ4v) is 0.979. The molecule has 1 heterocycles. The van der Waals surface area contributed by atoms with Crippen LogP contribution in [-0.4, -0.2) is 16.1 Å². The summed E-state index contributed by atoms with van der Waals surface area (Å²) in [5.41, 5.74) is 1.15. The van der Waals surface area contributed by atoms with E-state index < -0.39 is 11.9 Å². The zero-order chi connectivity index (χ0) is 10.6. The van der Waals surface area contributed by atoms with E-state index in [0.29, 0.717) is 5.56 Å². The first-order chi connectivity index (χ1) is 6.59. The van der Waals surface area contributed by atoms with Crippen molar-refractivity contribution in [3.05, 3.63) is 35.4 Å². The molecule has 0 saturated heterocycles. The topological polar surface area (TPSA) is 50.2 Å². The van der Waals surface area contributed by atoms with Crippen molar-refractivity contribution >= 4 is 12.0 Å². The van der Waals surface area contributed by atoms with E-state index in [-0.39, 0.29) is 6.42 Å². The molecule has 1 aromatic heterocycles. The summed E-state index contributed by atoms with van der Waals surface area (Å²) in [6, 6.07) is 1.61. The Morgan fingerprint density at radius 2 is 2.43 bits per heavy atom. The summed E-state index contributed by atoms with van der Waals surface area (Å²) in [7, 11) is 0. The third-order valence-electron chi connectivity index (χ3n) is 1.59. The highest BCUT2D eigenvalue weighted by molar-refractivity contribution is 5.70. The summed E-state index contributed by atoms with van der Waals surface area (Å²) in [4.78, 5) is 13.7. The predicted octanol–water partition coefficient (Wildman–Crippen LogP) is 2.02. The molecule has 0 spiro atoms. The second-order valence-corrected chi connectivity index (χ2v) is 2.89. The highest BCUT2D eigenvalue weighted by atomic mass is 19.1. The molecule has 0 aromatic carbocycles. The van der Waals surface area contributed by atoms with Gasteiger partial charge in [-0.05, 0) is 18.6 Å². The van der Waals surface area contributed by atoms with Gasteiger partial charge in [0, 0.05) is 11.8 Å². The Labute approximate surface area is 80.9 Å². The second-order valence-electron chi connectivity index (χ2n) is 2.89. The van der Waals surface area contributed by atoms with Crippen LogP contribution >= 0.6 is 0 Å². The second kappa shape index (κ2) is 4.50. The fraction of sp³-hybridized carbons (Fsp3) is 0.200. The number of aryl methyl sites for hydroxylation is 1. The van der Waals surface area contributed by atoms with Crippen molar-refractivity contribution in [2.45, 2.75) is 13.3 Å². The van der Waals surface area contributed by atoms with Gasteiger partial charge in [0.2, 0.25) is 5.95 Å². The summed E-state index contributed by atoms with van der Waals surface area (Å²) in [5, 5.41) is 8.35. The van der Waals surface area contributed by atoms with E-state index in [4.69, 9.17) is 5.11 Å². The third-order valence-corrected chi connectivity index (χ3v) is 1.59. The molecule has 0 bridgehead atoms. The Morgan fingerprint density at radius 3 is 3.07 bits per heavy atom. The summed E-state index contributed by atoms with van der Waals surface area (Å²) >= 11 is 0. The average Bonchev–Trinajstić information content (AvgIpc) is 2.10. The van der Waals surface area contributed by atoms with E-state index in [1.54, 1.807) is 13.0 Å². The van der Waals surface area contributed by atoms with Gasteiger partial charge in [-0.1, -0.05) is 12.2 Å². The smallest absolute Gasteiger partial charge is 0.307 e. The maximum absolute atomic E-state index is 13.0. The average molecular weight is 195 g/mol. The number of carboxylic acid groups (broad SMARTS) is 1. The number of aliphatic carboxylic acids is 1. The van der Waals surface area contributed by atoms with Crippen LogP contribution in [0.15, 0.2) is 18.3 Å². The highest BCUT2D eigenvalue weighted by Gasteiger charge is 1.99. The van der Waals surface area contributed by atoms with Crippen molar-refractivity contribution in [3.8, 4) is 0 Å². The molecule has 1 N–H and O–H groups in total. The number of hydrogen-bond donors (Lipinski definition) is 1. The molecule has 14 heavy (non-hydrogen) atoms. The molecule has 0 unspecified atom stereocenters. The molecular formula is C10H10FNO2. The van der Waals surface area contributed by atoms with Gasteiger partial charge in [-0.2, -0.15) is 4.39 Å². The number of aromatic nitrogens is 1. The molecular weight excluding hydrogens is 185 g/mol. The zero-order valence-electron chi connectivity index (χ0n) is 7.70. The lowest BCUT2D eigenvalue weighted by molar-refractivity contribution is -0.135. The lowest BCUT2D eigenvalue weighted by Crippen LogP contribution is -1.91. The molecule has 0 amide bonds. The third kappa shape index (κ3) is 2.97. The van der Waals surface area contributed by atoms with Gasteiger partial charge in [0.25, 0.3) is 0 Å². The molecule has 74 valence electrons. The van der Waals surface area contributed by atoms with Gasteiger partial charge in [-0.3, -0.25) is 4.79 Å². The first kappa shape index (κ1) is 10.4. The Hall–Kier alpha value is -1.71. The maximum atomic E-state index is 13.0. The predicted molar refractivity (Wildman–Crippen MR) is 50.2 cm³/mol. The van der Waals surface area contributed by atoms with Gasteiger partial charge in [0.15, 0.2) is 0 Å². The summed E-state index contributed by atoms with van der Waals surface area (Å²) < 4.78 is 13.0. The lowest BCUT2D eigenvalue weighted by atomic mass is 10.2. The fourth-order valence-electron chi connectivity index (χ4n) is 0.979. The number of pyridine rings is 1. The van der Waals surface area contributed by atoms with Crippen molar-refractivity contribution < 1.29 is 14.3 Å². The number of carboxylic acids is 1. The number of rotatable bonds is 3. The standard InChI is InChI=1S/C10H10FNO2/c1-7-5-8(10(11)12-6-7)3-2-4-9(13)14/h2-3,5-6H,4H2,1H3,(H,13,14). The van der Waals surface area contributed by atoms with Gasteiger partial charge in [0.1, 0.15) is 0 Å². The van der Waals surface area contributed by atoms with Gasteiger partial charge in [0.05, 0.1) is 6.42 Å². The monoisotopic (exact) mass is 195 g/mol. The molecule has 0 fully saturated rings. The van der Waals surface area contributed by atoms with E-state index in [1.807, 2.05) is 0 Å². The largest absolute Gasteiger partial charge is 0.481 e. The Kier molecular flexibility index (Phi) is 3.34. The van der Waals surface area contributed by atoms with Crippen LogP contribution in [0.25, 0.3) is 6.08 Å². The van der Waals surface area contributed by atoms with Crippen LogP contribution in [0.4, 0.5) is 4.39 Å². The molecule has 1 rings (SSSR count). The molecule has 0 aliphatic heterocycles. The molecule has 0 saturated carbocycles. The van der Waals surface area contributed by atoms with Crippen LogP contribution in [-0.2, 0) is 4.79 Å². The van der Waals surface area contributed by atoms with E-state index in [1.165, 1.54) is 18.3 Å². The SMILES string of the molecule is Cc1cnc(F)c(C=CCC(=O)O)c1. The van der Waals surface area contributed by atoms with Crippen LogP contribution in [0, 0.1) is 12.9 Å². The zero-order valence-corrected chi connectivity index (χ0v) is 7.70. The van der Waals surface area contributed by atoms with Crippen LogP contribution in [0.2, 0.25) is 0 Å². The van der Waals surface area contributed by atoms with E-state index in [9.17, 15) is 9.18 Å². The van der Waals surface area contributed by atoms with Gasteiger partial charge in [-0.15, -0.1) is 0 Å². The van der Waals surface area contributed by atoms with Crippen LogP contribution in [0.1, 0.15) is 17.5 Å². The van der Waals surface area contributed by atoms with Crippen molar-refractivity contribution in [1.29, 1.82) is 0 Å². The molecule has 3 nitrogen and oxygen atoms in total. The molecule has 0 atom stereocenters. The van der Waals surface area contributed by atoms with Crippen LogP contribution < -0.4 is 0 Å². The maximum Gasteiger partial charge on any atom is 0.307 e. The van der Waals surface area contributed by atoms with E-state index in [0.717, 1.165) is 5.56 Å².